The third kappa shape index (κ3) is 3.97. The van der Waals surface area contributed by atoms with Crippen molar-refractivity contribution in [3.05, 3.63) is 75.6 Å². The van der Waals surface area contributed by atoms with Gasteiger partial charge in [0.1, 0.15) is 5.75 Å². The minimum atomic E-state index is -0.403. The molecule has 132 valence electrons. The number of para-hydroxylation sites is 1. The van der Waals surface area contributed by atoms with Gasteiger partial charge in [-0.05, 0) is 48.6 Å². The quantitative estimate of drug-likeness (QED) is 0.549. The van der Waals surface area contributed by atoms with Crippen molar-refractivity contribution in [2.45, 2.75) is 13.8 Å². The summed E-state index contributed by atoms with van der Waals surface area (Å²) < 4.78 is 5.51. The van der Waals surface area contributed by atoms with Gasteiger partial charge in [-0.2, -0.15) is 5.10 Å². The highest BCUT2D eigenvalue weighted by Gasteiger charge is 2.05. The molecule has 0 radical (unpaired) electrons. The van der Waals surface area contributed by atoms with Crippen LogP contribution in [0.5, 0.6) is 5.75 Å². The lowest BCUT2D eigenvalue weighted by atomic mass is 10.1. The van der Waals surface area contributed by atoms with E-state index >= 15 is 0 Å². The molecular formula is C20H19N3O3. The highest BCUT2D eigenvalue weighted by Crippen LogP contribution is 2.20. The maximum absolute atomic E-state index is 12.0. The van der Waals surface area contributed by atoms with E-state index in [2.05, 4.69) is 15.5 Å². The SMILES string of the molecule is Cc1cccc(OCC(=O)N/N=C\c2cc3ccccc3[nH]c2=O)c1C. The molecule has 0 aliphatic heterocycles. The number of aromatic amines is 1. The van der Waals surface area contributed by atoms with E-state index in [-0.39, 0.29) is 12.2 Å². The lowest BCUT2D eigenvalue weighted by Gasteiger charge is -2.09. The number of fused-ring (bicyclic) bond motifs is 1. The Hall–Kier alpha value is -3.41. The monoisotopic (exact) mass is 349 g/mol. The van der Waals surface area contributed by atoms with E-state index in [1.807, 2.05) is 56.3 Å². The van der Waals surface area contributed by atoms with E-state index in [4.69, 9.17) is 4.74 Å². The van der Waals surface area contributed by atoms with Crippen molar-refractivity contribution in [2.75, 3.05) is 6.61 Å². The molecule has 0 fully saturated rings. The number of hydrogen-bond acceptors (Lipinski definition) is 4. The fraction of sp³-hybridized carbons (Fsp3) is 0.150. The number of pyridine rings is 1. The van der Waals surface area contributed by atoms with Gasteiger partial charge in [-0.25, -0.2) is 5.43 Å². The molecule has 0 atom stereocenters. The highest BCUT2D eigenvalue weighted by molar-refractivity contribution is 5.88. The Balaban J connectivity index is 1.61. The summed E-state index contributed by atoms with van der Waals surface area (Å²) in [6.07, 6.45) is 1.32. The van der Waals surface area contributed by atoms with Crippen LogP contribution in [-0.4, -0.2) is 23.7 Å². The van der Waals surface area contributed by atoms with Crippen LogP contribution >= 0.6 is 0 Å². The van der Waals surface area contributed by atoms with Crippen LogP contribution in [0.3, 0.4) is 0 Å². The second kappa shape index (κ2) is 7.65. The van der Waals surface area contributed by atoms with Crippen LogP contribution in [-0.2, 0) is 4.79 Å². The number of hydrazone groups is 1. The number of ether oxygens (including phenoxy) is 1. The average molecular weight is 349 g/mol. The topological polar surface area (TPSA) is 83.5 Å². The van der Waals surface area contributed by atoms with Gasteiger partial charge in [-0.15, -0.1) is 0 Å². The van der Waals surface area contributed by atoms with Gasteiger partial charge in [0.15, 0.2) is 6.61 Å². The van der Waals surface area contributed by atoms with Crippen LogP contribution in [0.2, 0.25) is 0 Å². The average Bonchev–Trinajstić information content (AvgIpc) is 2.63. The normalized spacial score (nSPS) is 11.0. The second-order valence-electron chi connectivity index (χ2n) is 5.92. The molecule has 6 heteroatoms. The molecule has 0 unspecified atom stereocenters. The Morgan fingerprint density at radius 3 is 2.85 bits per heavy atom. The van der Waals surface area contributed by atoms with Crippen molar-refractivity contribution in [1.29, 1.82) is 0 Å². The van der Waals surface area contributed by atoms with Gasteiger partial charge >= 0.3 is 0 Å². The van der Waals surface area contributed by atoms with Gasteiger partial charge in [-0.3, -0.25) is 9.59 Å². The first-order valence-electron chi connectivity index (χ1n) is 8.17. The van der Waals surface area contributed by atoms with Crippen molar-refractivity contribution in [2.24, 2.45) is 5.10 Å². The minimum absolute atomic E-state index is 0.157. The molecule has 3 rings (SSSR count). The first kappa shape index (κ1) is 17.4. The molecule has 1 amide bonds. The van der Waals surface area contributed by atoms with E-state index in [0.717, 1.165) is 22.0 Å². The van der Waals surface area contributed by atoms with Crippen molar-refractivity contribution < 1.29 is 9.53 Å². The highest BCUT2D eigenvalue weighted by atomic mass is 16.5. The summed E-state index contributed by atoms with van der Waals surface area (Å²) >= 11 is 0. The number of nitrogens with zero attached hydrogens (tertiary/aromatic N) is 1. The van der Waals surface area contributed by atoms with Crippen molar-refractivity contribution in [3.8, 4) is 5.75 Å². The largest absolute Gasteiger partial charge is 0.483 e. The number of rotatable bonds is 5. The van der Waals surface area contributed by atoms with Crippen LogP contribution < -0.4 is 15.7 Å². The van der Waals surface area contributed by atoms with Gasteiger partial charge in [0.25, 0.3) is 11.5 Å². The summed E-state index contributed by atoms with van der Waals surface area (Å²) in [6, 6.07) is 14.8. The Morgan fingerprint density at radius 1 is 1.19 bits per heavy atom. The maximum Gasteiger partial charge on any atom is 0.277 e. The molecule has 0 saturated carbocycles. The van der Waals surface area contributed by atoms with Crippen LogP contribution in [0.25, 0.3) is 10.9 Å². The molecule has 0 aliphatic carbocycles. The van der Waals surface area contributed by atoms with Crippen molar-refractivity contribution >= 4 is 23.0 Å². The lowest BCUT2D eigenvalue weighted by molar-refractivity contribution is -0.123. The Kier molecular flexibility index (Phi) is 5.12. The molecule has 0 aliphatic rings. The Bertz CT molecular complexity index is 1040. The predicted molar refractivity (Wildman–Crippen MR) is 102 cm³/mol. The fourth-order valence-electron chi connectivity index (χ4n) is 2.49. The van der Waals surface area contributed by atoms with E-state index in [1.54, 1.807) is 6.07 Å². The van der Waals surface area contributed by atoms with Crippen LogP contribution in [0.4, 0.5) is 0 Å². The first-order valence-corrected chi connectivity index (χ1v) is 8.17. The van der Waals surface area contributed by atoms with Gasteiger partial charge in [0.2, 0.25) is 0 Å². The summed E-state index contributed by atoms with van der Waals surface area (Å²) in [4.78, 5) is 26.6. The zero-order chi connectivity index (χ0) is 18.5. The summed E-state index contributed by atoms with van der Waals surface area (Å²) in [6.45, 7) is 3.76. The number of nitrogens with one attached hydrogen (secondary N) is 2. The van der Waals surface area contributed by atoms with E-state index in [9.17, 15) is 9.59 Å². The van der Waals surface area contributed by atoms with Gasteiger partial charge in [0.05, 0.1) is 11.8 Å². The zero-order valence-electron chi connectivity index (χ0n) is 14.6. The zero-order valence-corrected chi connectivity index (χ0v) is 14.6. The maximum atomic E-state index is 12.0. The van der Waals surface area contributed by atoms with Crippen LogP contribution in [0.15, 0.2) is 58.4 Å². The molecule has 0 saturated heterocycles. The number of carbonyl (C=O) groups excluding carboxylic acids is 1. The summed E-state index contributed by atoms with van der Waals surface area (Å²) in [5, 5.41) is 4.72. The molecular weight excluding hydrogens is 330 g/mol. The smallest absolute Gasteiger partial charge is 0.277 e. The second-order valence-corrected chi connectivity index (χ2v) is 5.92. The lowest BCUT2D eigenvalue weighted by Crippen LogP contribution is -2.25. The van der Waals surface area contributed by atoms with Gasteiger partial charge in [-0.1, -0.05) is 30.3 Å². The number of benzene rings is 2. The molecule has 2 aromatic carbocycles. The van der Waals surface area contributed by atoms with Crippen molar-refractivity contribution in [3.63, 3.8) is 0 Å². The fourth-order valence-corrected chi connectivity index (χ4v) is 2.49. The van der Waals surface area contributed by atoms with Gasteiger partial charge < -0.3 is 9.72 Å². The van der Waals surface area contributed by atoms with E-state index in [1.165, 1.54) is 6.21 Å². The number of carbonyl (C=O) groups is 1. The Labute approximate surface area is 150 Å². The summed E-state index contributed by atoms with van der Waals surface area (Å²) in [5.41, 5.74) is 5.29. The molecule has 0 spiro atoms. The van der Waals surface area contributed by atoms with Crippen molar-refractivity contribution in [1.82, 2.24) is 10.4 Å². The number of amides is 1. The number of aromatic nitrogens is 1. The molecule has 6 nitrogen and oxygen atoms in total. The third-order valence-corrected chi connectivity index (χ3v) is 4.09. The predicted octanol–water partition coefficient (Wildman–Crippen LogP) is 2.67. The number of H-pyrrole nitrogens is 1. The number of aryl methyl sites for hydroxylation is 1. The molecule has 2 N–H and O–H groups in total. The summed E-state index contributed by atoms with van der Waals surface area (Å²) in [5.74, 6) is 0.259. The van der Waals surface area contributed by atoms with Crippen LogP contribution in [0, 0.1) is 13.8 Å². The summed E-state index contributed by atoms with van der Waals surface area (Å²) in [7, 11) is 0. The molecule has 3 aromatic rings. The minimum Gasteiger partial charge on any atom is -0.483 e. The third-order valence-electron chi connectivity index (χ3n) is 4.09. The standard InChI is InChI=1S/C20H19N3O3/c1-13-6-5-9-18(14(13)2)26-12-19(24)23-21-11-16-10-15-7-3-4-8-17(15)22-20(16)25/h3-11H,12H2,1-2H3,(H,22,25)(H,23,24)/b21-11-. The van der Waals surface area contributed by atoms with Gasteiger partial charge in [0, 0.05) is 5.52 Å². The van der Waals surface area contributed by atoms with E-state index in [0.29, 0.717) is 11.3 Å². The molecule has 26 heavy (non-hydrogen) atoms. The molecule has 1 aromatic heterocycles. The Morgan fingerprint density at radius 2 is 2.00 bits per heavy atom. The van der Waals surface area contributed by atoms with E-state index < -0.39 is 5.91 Å². The first-order chi connectivity index (χ1) is 12.5. The number of hydrogen-bond donors (Lipinski definition) is 2. The molecule has 0 bridgehead atoms. The van der Waals surface area contributed by atoms with Crippen LogP contribution in [0.1, 0.15) is 16.7 Å². The molecule has 1 heterocycles.